The number of anilines is 1. The summed E-state index contributed by atoms with van der Waals surface area (Å²) in [7, 11) is 2.15. The number of hydrogen-bond donors (Lipinski definition) is 1. The van der Waals surface area contributed by atoms with Gasteiger partial charge in [0.15, 0.2) is 0 Å². The van der Waals surface area contributed by atoms with Crippen LogP contribution in [-0.2, 0) is 0 Å². The maximum Gasteiger partial charge on any atom is 0.147 e. The summed E-state index contributed by atoms with van der Waals surface area (Å²) in [5.74, 6) is 0.885. The number of rotatable bonds is 2. The number of nitrogens with zero attached hydrogens (tertiary/aromatic N) is 4. The summed E-state index contributed by atoms with van der Waals surface area (Å²) in [5.41, 5.74) is 6.22. The van der Waals surface area contributed by atoms with Gasteiger partial charge in [-0.1, -0.05) is 12.2 Å². The van der Waals surface area contributed by atoms with Crippen LogP contribution in [0.1, 0.15) is 19.5 Å². The van der Waals surface area contributed by atoms with Crippen molar-refractivity contribution in [2.45, 2.75) is 19.4 Å². The van der Waals surface area contributed by atoms with E-state index in [0.717, 1.165) is 25.5 Å². The van der Waals surface area contributed by atoms with Crippen molar-refractivity contribution < 1.29 is 0 Å². The molecular formula is C12H19N5S. The molecule has 0 spiro atoms. The summed E-state index contributed by atoms with van der Waals surface area (Å²) in [6, 6.07) is 0. The lowest BCUT2D eigenvalue weighted by molar-refractivity contribution is 0.138. The van der Waals surface area contributed by atoms with E-state index < -0.39 is 0 Å². The summed E-state index contributed by atoms with van der Waals surface area (Å²) in [6.45, 7) is 7.38. The Hall–Kier alpha value is -1.27. The van der Waals surface area contributed by atoms with Gasteiger partial charge in [-0.05, 0) is 20.9 Å². The fourth-order valence-electron chi connectivity index (χ4n) is 2.05. The van der Waals surface area contributed by atoms with Gasteiger partial charge < -0.3 is 10.6 Å². The van der Waals surface area contributed by atoms with Gasteiger partial charge in [0.05, 0.1) is 12.4 Å². The molecule has 0 radical (unpaired) electrons. The average molecular weight is 265 g/mol. The molecule has 2 heterocycles. The third-order valence-electron chi connectivity index (χ3n) is 3.53. The van der Waals surface area contributed by atoms with Crippen LogP contribution in [0, 0.1) is 0 Å². The van der Waals surface area contributed by atoms with Crippen LogP contribution in [-0.4, -0.2) is 52.1 Å². The smallest absolute Gasteiger partial charge is 0.147 e. The van der Waals surface area contributed by atoms with Crippen LogP contribution in [0.5, 0.6) is 0 Å². The van der Waals surface area contributed by atoms with Crippen LogP contribution in [0.3, 0.4) is 0 Å². The molecule has 1 aliphatic rings. The molecule has 1 fully saturated rings. The SMILES string of the molecule is CN1CCN(c2cnc(C(N)=S)cn2)CC1(C)C. The zero-order valence-corrected chi connectivity index (χ0v) is 11.9. The predicted octanol–water partition coefficient (Wildman–Crippen LogP) is 0.641. The van der Waals surface area contributed by atoms with E-state index in [9.17, 15) is 0 Å². The number of aromatic nitrogens is 2. The Labute approximate surface area is 113 Å². The molecule has 98 valence electrons. The van der Waals surface area contributed by atoms with E-state index in [0.29, 0.717) is 5.69 Å². The molecule has 1 aromatic heterocycles. The second-order valence-electron chi connectivity index (χ2n) is 5.28. The third-order valence-corrected chi connectivity index (χ3v) is 3.74. The van der Waals surface area contributed by atoms with Gasteiger partial charge >= 0.3 is 0 Å². The molecule has 0 saturated carbocycles. The maximum atomic E-state index is 5.51. The Morgan fingerprint density at radius 3 is 2.56 bits per heavy atom. The van der Waals surface area contributed by atoms with Gasteiger partial charge in [-0.3, -0.25) is 4.90 Å². The van der Waals surface area contributed by atoms with Gasteiger partial charge in [0.2, 0.25) is 0 Å². The number of hydrogen-bond acceptors (Lipinski definition) is 5. The second kappa shape index (κ2) is 4.78. The Bertz CT molecular complexity index is 442. The average Bonchev–Trinajstić information content (AvgIpc) is 2.33. The minimum absolute atomic E-state index is 0.141. The van der Waals surface area contributed by atoms with Crippen molar-refractivity contribution in [3.63, 3.8) is 0 Å². The normalized spacial score (nSPS) is 19.8. The highest BCUT2D eigenvalue weighted by atomic mass is 32.1. The fraction of sp³-hybridized carbons (Fsp3) is 0.583. The van der Waals surface area contributed by atoms with E-state index in [1.807, 2.05) is 0 Å². The Morgan fingerprint density at radius 2 is 2.06 bits per heavy atom. The molecule has 5 nitrogen and oxygen atoms in total. The van der Waals surface area contributed by atoms with E-state index in [4.69, 9.17) is 18.0 Å². The summed E-state index contributed by atoms with van der Waals surface area (Å²) in [6.07, 6.45) is 3.39. The second-order valence-corrected chi connectivity index (χ2v) is 5.72. The van der Waals surface area contributed by atoms with Crippen molar-refractivity contribution in [1.29, 1.82) is 0 Å². The van der Waals surface area contributed by atoms with Gasteiger partial charge in [0, 0.05) is 25.2 Å². The molecule has 18 heavy (non-hydrogen) atoms. The van der Waals surface area contributed by atoms with Crippen molar-refractivity contribution in [3.8, 4) is 0 Å². The van der Waals surface area contributed by atoms with Crippen molar-refractivity contribution in [1.82, 2.24) is 14.9 Å². The molecule has 1 aromatic rings. The van der Waals surface area contributed by atoms with Crippen molar-refractivity contribution in [2.75, 3.05) is 31.6 Å². The highest BCUT2D eigenvalue weighted by Crippen LogP contribution is 2.22. The van der Waals surface area contributed by atoms with E-state index in [1.165, 1.54) is 0 Å². The molecule has 0 amide bonds. The predicted molar refractivity (Wildman–Crippen MR) is 76.8 cm³/mol. The molecule has 1 aliphatic heterocycles. The Balaban J connectivity index is 2.15. The van der Waals surface area contributed by atoms with Crippen LogP contribution in [0.25, 0.3) is 0 Å². The first kappa shape index (κ1) is 13.2. The standard InChI is InChI=1S/C12H19N5S/c1-12(2)8-17(5-4-16(12)3)10-7-14-9(6-15-10)11(13)18/h6-7H,4-5,8H2,1-3H3,(H2,13,18). The minimum Gasteiger partial charge on any atom is -0.388 e. The fourth-order valence-corrected chi connectivity index (χ4v) is 2.15. The van der Waals surface area contributed by atoms with Gasteiger partial charge in [-0.2, -0.15) is 0 Å². The third kappa shape index (κ3) is 2.59. The summed E-state index contributed by atoms with van der Waals surface area (Å²) in [4.78, 5) is 13.5. The number of nitrogens with two attached hydrogens (primary N) is 1. The molecule has 1 saturated heterocycles. The Kier molecular flexibility index (Phi) is 3.49. The van der Waals surface area contributed by atoms with E-state index >= 15 is 0 Å². The summed E-state index contributed by atoms with van der Waals surface area (Å²) in [5, 5.41) is 0. The van der Waals surface area contributed by atoms with E-state index in [-0.39, 0.29) is 10.5 Å². The topological polar surface area (TPSA) is 58.3 Å². The largest absolute Gasteiger partial charge is 0.388 e. The first-order valence-electron chi connectivity index (χ1n) is 5.98. The molecule has 0 aromatic carbocycles. The highest BCUT2D eigenvalue weighted by Gasteiger charge is 2.31. The molecule has 0 bridgehead atoms. The number of likely N-dealkylation sites (N-methyl/N-ethyl adjacent to an activating group) is 1. The molecule has 0 aliphatic carbocycles. The first-order valence-corrected chi connectivity index (χ1v) is 6.39. The molecule has 2 N–H and O–H groups in total. The molecule has 0 atom stereocenters. The highest BCUT2D eigenvalue weighted by molar-refractivity contribution is 7.80. The quantitative estimate of drug-likeness (QED) is 0.792. The first-order chi connectivity index (χ1) is 8.40. The van der Waals surface area contributed by atoms with E-state index in [1.54, 1.807) is 12.4 Å². The lowest BCUT2D eigenvalue weighted by atomic mass is 10.00. The molecule has 6 heteroatoms. The summed E-state index contributed by atoms with van der Waals surface area (Å²) >= 11 is 4.87. The van der Waals surface area contributed by atoms with E-state index in [2.05, 4.69) is 40.7 Å². The number of thiocarbonyl (C=S) groups is 1. The van der Waals surface area contributed by atoms with Crippen molar-refractivity contribution >= 4 is 23.0 Å². The van der Waals surface area contributed by atoms with Crippen LogP contribution >= 0.6 is 12.2 Å². The van der Waals surface area contributed by atoms with Crippen LogP contribution in [0.15, 0.2) is 12.4 Å². The zero-order valence-electron chi connectivity index (χ0n) is 11.1. The molecule has 2 rings (SSSR count). The maximum absolute atomic E-state index is 5.51. The van der Waals surface area contributed by atoms with Gasteiger partial charge in [-0.25, -0.2) is 9.97 Å². The number of piperazine rings is 1. The lowest BCUT2D eigenvalue weighted by Gasteiger charge is -2.45. The zero-order chi connectivity index (χ0) is 13.3. The van der Waals surface area contributed by atoms with Crippen LogP contribution in [0.4, 0.5) is 5.82 Å². The summed E-state index contributed by atoms with van der Waals surface area (Å²) < 4.78 is 0. The molecule has 0 unspecified atom stereocenters. The Morgan fingerprint density at radius 1 is 1.33 bits per heavy atom. The lowest BCUT2D eigenvalue weighted by Crippen LogP contribution is -2.57. The van der Waals surface area contributed by atoms with Gasteiger partial charge in [0.1, 0.15) is 16.5 Å². The van der Waals surface area contributed by atoms with Crippen molar-refractivity contribution in [3.05, 3.63) is 18.1 Å². The van der Waals surface area contributed by atoms with Crippen LogP contribution in [0.2, 0.25) is 0 Å². The van der Waals surface area contributed by atoms with Crippen LogP contribution < -0.4 is 10.6 Å². The van der Waals surface area contributed by atoms with Crippen molar-refractivity contribution in [2.24, 2.45) is 5.73 Å². The van der Waals surface area contributed by atoms with Gasteiger partial charge in [-0.15, -0.1) is 0 Å². The monoisotopic (exact) mass is 265 g/mol. The van der Waals surface area contributed by atoms with Gasteiger partial charge in [0.25, 0.3) is 0 Å². The minimum atomic E-state index is 0.141. The molecular weight excluding hydrogens is 246 g/mol.